The van der Waals surface area contributed by atoms with Gasteiger partial charge in [0, 0.05) is 12.1 Å². The Kier molecular flexibility index (Phi) is 4.69. The molecular formula is C14H17N3O2. The zero-order chi connectivity index (χ0) is 13.5. The van der Waals surface area contributed by atoms with Crippen molar-refractivity contribution in [1.29, 1.82) is 0 Å². The van der Waals surface area contributed by atoms with Gasteiger partial charge in [-0.2, -0.15) is 0 Å². The van der Waals surface area contributed by atoms with Gasteiger partial charge in [-0.25, -0.2) is 4.98 Å². The van der Waals surface area contributed by atoms with Gasteiger partial charge >= 0.3 is 0 Å². The van der Waals surface area contributed by atoms with Gasteiger partial charge in [-0.05, 0) is 32.1 Å². The van der Waals surface area contributed by atoms with Crippen LogP contribution in [0.3, 0.4) is 0 Å². The normalized spacial score (nSPS) is 10.4. The average molecular weight is 259 g/mol. The van der Waals surface area contributed by atoms with Crippen molar-refractivity contribution in [2.45, 2.75) is 6.42 Å². The summed E-state index contributed by atoms with van der Waals surface area (Å²) in [6, 6.07) is 9.50. The molecule has 1 amide bonds. The fourth-order valence-electron chi connectivity index (χ4n) is 1.65. The van der Waals surface area contributed by atoms with Crippen molar-refractivity contribution in [3.8, 4) is 11.5 Å². The van der Waals surface area contributed by atoms with Crippen LogP contribution in [0.1, 0.15) is 16.9 Å². The predicted molar refractivity (Wildman–Crippen MR) is 72.8 cm³/mol. The van der Waals surface area contributed by atoms with E-state index in [1.807, 2.05) is 37.4 Å². The molecule has 0 fully saturated rings. The maximum atomic E-state index is 11.8. The van der Waals surface area contributed by atoms with E-state index in [0.717, 1.165) is 18.5 Å². The van der Waals surface area contributed by atoms with Crippen molar-refractivity contribution < 1.29 is 9.21 Å². The van der Waals surface area contributed by atoms with Crippen LogP contribution in [-0.4, -0.2) is 31.0 Å². The number of hydrogen-bond acceptors (Lipinski definition) is 4. The van der Waals surface area contributed by atoms with E-state index in [1.54, 1.807) is 0 Å². The van der Waals surface area contributed by atoms with Crippen molar-refractivity contribution in [2.24, 2.45) is 0 Å². The highest BCUT2D eigenvalue weighted by Gasteiger charge is 2.12. The Bertz CT molecular complexity index is 522. The first-order valence-corrected chi connectivity index (χ1v) is 6.25. The Balaban J connectivity index is 1.95. The van der Waals surface area contributed by atoms with E-state index in [2.05, 4.69) is 15.6 Å². The lowest BCUT2D eigenvalue weighted by atomic mass is 10.2. The van der Waals surface area contributed by atoms with E-state index in [1.165, 1.54) is 6.26 Å². The molecule has 0 spiro atoms. The molecule has 5 heteroatoms. The molecule has 2 rings (SSSR count). The molecule has 0 saturated heterocycles. The topological polar surface area (TPSA) is 67.2 Å². The summed E-state index contributed by atoms with van der Waals surface area (Å²) in [7, 11) is 1.88. The third kappa shape index (κ3) is 3.66. The lowest BCUT2D eigenvalue weighted by molar-refractivity contribution is 0.0948. The number of rotatable bonds is 6. The van der Waals surface area contributed by atoms with E-state index in [4.69, 9.17) is 4.42 Å². The molecule has 0 unspecified atom stereocenters. The van der Waals surface area contributed by atoms with Gasteiger partial charge < -0.3 is 15.1 Å². The van der Waals surface area contributed by atoms with E-state index >= 15 is 0 Å². The zero-order valence-electron chi connectivity index (χ0n) is 10.8. The SMILES string of the molecule is CNCCCNC(=O)c1coc(-c2ccccc2)n1. The van der Waals surface area contributed by atoms with Gasteiger partial charge in [-0.3, -0.25) is 4.79 Å². The number of nitrogens with zero attached hydrogens (tertiary/aromatic N) is 1. The number of hydrogen-bond donors (Lipinski definition) is 2. The van der Waals surface area contributed by atoms with E-state index in [-0.39, 0.29) is 5.91 Å². The van der Waals surface area contributed by atoms with Crippen molar-refractivity contribution in [3.05, 3.63) is 42.3 Å². The van der Waals surface area contributed by atoms with Gasteiger partial charge in [-0.15, -0.1) is 0 Å². The van der Waals surface area contributed by atoms with Gasteiger partial charge in [0.25, 0.3) is 5.91 Å². The Hall–Kier alpha value is -2.14. The summed E-state index contributed by atoms with van der Waals surface area (Å²) in [5.74, 6) is 0.253. The molecule has 5 nitrogen and oxygen atoms in total. The standard InChI is InChI=1S/C14H17N3O2/c1-15-8-5-9-16-13(18)12-10-19-14(17-12)11-6-3-2-4-7-11/h2-4,6-7,10,15H,5,8-9H2,1H3,(H,16,18). The van der Waals surface area contributed by atoms with Crippen molar-refractivity contribution in [2.75, 3.05) is 20.1 Å². The molecule has 0 atom stereocenters. The number of oxazole rings is 1. The van der Waals surface area contributed by atoms with Gasteiger partial charge in [0.15, 0.2) is 5.69 Å². The summed E-state index contributed by atoms with van der Waals surface area (Å²) < 4.78 is 5.32. The first-order valence-electron chi connectivity index (χ1n) is 6.25. The van der Waals surface area contributed by atoms with E-state index < -0.39 is 0 Å². The molecule has 0 saturated carbocycles. The van der Waals surface area contributed by atoms with Gasteiger partial charge in [-0.1, -0.05) is 18.2 Å². The smallest absolute Gasteiger partial charge is 0.273 e. The molecule has 19 heavy (non-hydrogen) atoms. The monoisotopic (exact) mass is 259 g/mol. The molecule has 0 radical (unpaired) electrons. The zero-order valence-corrected chi connectivity index (χ0v) is 10.8. The molecule has 100 valence electrons. The van der Waals surface area contributed by atoms with Crippen LogP contribution in [0.15, 0.2) is 41.0 Å². The lowest BCUT2D eigenvalue weighted by Gasteiger charge is -2.01. The van der Waals surface area contributed by atoms with Gasteiger partial charge in [0.1, 0.15) is 6.26 Å². The molecule has 1 aromatic heterocycles. The Morgan fingerprint density at radius 2 is 2.05 bits per heavy atom. The molecular weight excluding hydrogens is 242 g/mol. The summed E-state index contributed by atoms with van der Waals surface area (Å²) in [5.41, 5.74) is 1.17. The second-order valence-corrected chi connectivity index (χ2v) is 4.12. The number of benzene rings is 1. The van der Waals surface area contributed by atoms with Gasteiger partial charge in [0.05, 0.1) is 0 Å². The second kappa shape index (κ2) is 6.70. The minimum absolute atomic E-state index is 0.206. The fraction of sp³-hybridized carbons (Fsp3) is 0.286. The first kappa shape index (κ1) is 13.3. The first-order chi connectivity index (χ1) is 9.31. The maximum absolute atomic E-state index is 11.8. The minimum Gasteiger partial charge on any atom is -0.444 e. The summed E-state index contributed by atoms with van der Waals surface area (Å²) in [6.07, 6.45) is 2.27. The number of nitrogens with one attached hydrogen (secondary N) is 2. The van der Waals surface area contributed by atoms with Crippen LogP contribution in [0.2, 0.25) is 0 Å². The van der Waals surface area contributed by atoms with Crippen molar-refractivity contribution in [1.82, 2.24) is 15.6 Å². The largest absolute Gasteiger partial charge is 0.444 e. The highest BCUT2D eigenvalue weighted by molar-refractivity contribution is 5.92. The van der Waals surface area contributed by atoms with Crippen molar-refractivity contribution in [3.63, 3.8) is 0 Å². The molecule has 2 aromatic rings. The summed E-state index contributed by atoms with van der Waals surface area (Å²) >= 11 is 0. The number of carbonyl (C=O) groups excluding carboxylic acids is 1. The molecule has 1 aromatic carbocycles. The van der Waals surface area contributed by atoms with Crippen molar-refractivity contribution >= 4 is 5.91 Å². The summed E-state index contributed by atoms with van der Waals surface area (Å²) in [4.78, 5) is 16.0. The Labute approximate surface area is 112 Å². The Morgan fingerprint density at radius 1 is 1.26 bits per heavy atom. The van der Waals surface area contributed by atoms with E-state index in [0.29, 0.717) is 18.1 Å². The van der Waals surface area contributed by atoms with Crippen LogP contribution in [-0.2, 0) is 0 Å². The van der Waals surface area contributed by atoms with Crippen LogP contribution in [0.5, 0.6) is 0 Å². The second-order valence-electron chi connectivity index (χ2n) is 4.12. The highest BCUT2D eigenvalue weighted by Crippen LogP contribution is 2.17. The highest BCUT2D eigenvalue weighted by atomic mass is 16.3. The Morgan fingerprint density at radius 3 is 2.79 bits per heavy atom. The van der Waals surface area contributed by atoms with Crippen LogP contribution in [0.25, 0.3) is 11.5 Å². The lowest BCUT2D eigenvalue weighted by Crippen LogP contribution is -2.26. The molecule has 0 aliphatic rings. The van der Waals surface area contributed by atoms with E-state index in [9.17, 15) is 4.79 Å². The molecule has 0 bridgehead atoms. The fourth-order valence-corrected chi connectivity index (χ4v) is 1.65. The molecule has 2 N–H and O–H groups in total. The van der Waals surface area contributed by atoms with Crippen LogP contribution in [0.4, 0.5) is 0 Å². The number of amides is 1. The number of carbonyl (C=O) groups is 1. The van der Waals surface area contributed by atoms with Crippen LogP contribution >= 0.6 is 0 Å². The van der Waals surface area contributed by atoms with Crippen LogP contribution in [0, 0.1) is 0 Å². The maximum Gasteiger partial charge on any atom is 0.273 e. The summed E-state index contributed by atoms with van der Waals surface area (Å²) in [6.45, 7) is 1.49. The third-order valence-electron chi connectivity index (χ3n) is 2.65. The minimum atomic E-state index is -0.206. The average Bonchev–Trinajstić information content (AvgIpc) is 2.94. The predicted octanol–water partition coefficient (Wildman–Crippen LogP) is 1.68. The third-order valence-corrected chi connectivity index (χ3v) is 2.65. The molecule has 0 aliphatic heterocycles. The molecule has 1 heterocycles. The quantitative estimate of drug-likeness (QED) is 0.775. The van der Waals surface area contributed by atoms with Crippen LogP contribution < -0.4 is 10.6 Å². The van der Waals surface area contributed by atoms with Gasteiger partial charge in [0.2, 0.25) is 5.89 Å². The summed E-state index contributed by atoms with van der Waals surface area (Å²) in [5, 5.41) is 5.82. The number of aromatic nitrogens is 1. The molecule has 0 aliphatic carbocycles.